The van der Waals surface area contributed by atoms with Crippen LogP contribution in [-0.2, 0) is 4.79 Å². The Kier molecular flexibility index (Phi) is 11.3. The van der Waals surface area contributed by atoms with Gasteiger partial charge in [-0.1, -0.05) is 34.9 Å². The molecule has 0 bridgehead atoms. The summed E-state index contributed by atoms with van der Waals surface area (Å²) in [7, 11) is 0. The number of carboxylic acid groups (broad SMARTS) is 1. The molecule has 0 saturated carbocycles. The lowest BCUT2D eigenvalue weighted by Crippen LogP contribution is -2.31. The van der Waals surface area contributed by atoms with Gasteiger partial charge in [0.05, 0.1) is 6.20 Å². The second kappa shape index (κ2) is 13.3. The number of aliphatic carboxylic acids is 1. The van der Waals surface area contributed by atoms with E-state index in [0.29, 0.717) is 5.75 Å². The van der Waals surface area contributed by atoms with E-state index in [-0.39, 0.29) is 6.01 Å². The van der Waals surface area contributed by atoms with Crippen molar-refractivity contribution in [3.05, 3.63) is 47.4 Å². The number of nitrogens with zero attached hydrogens (tertiary/aromatic N) is 1. The highest BCUT2D eigenvalue weighted by atomic mass is 32.2. The van der Waals surface area contributed by atoms with Crippen LogP contribution in [0.25, 0.3) is 0 Å². The Labute approximate surface area is 167 Å². The third-order valence-electron chi connectivity index (χ3n) is 3.99. The van der Waals surface area contributed by atoms with Crippen LogP contribution < -0.4 is 5.32 Å². The van der Waals surface area contributed by atoms with Crippen LogP contribution in [-0.4, -0.2) is 33.6 Å². The van der Waals surface area contributed by atoms with E-state index in [1.165, 1.54) is 29.2 Å². The van der Waals surface area contributed by atoms with Crippen molar-refractivity contribution in [1.82, 2.24) is 4.98 Å². The van der Waals surface area contributed by atoms with Crippen molar-refractivity contribution in [2.45, 2.75) is 59.4 Å². The van der Waals surface area contributed by atoms with Gasteiger partial charge in [-0.25, -0.2) is 9.78 Å². The molecule has 0 aromatic carbocycles. The summed E-state index contributed by atoms with van der Waals surface area (Å²) in [5, 5.41) is 12.1. The summed E-state index contributed by atoms with van der Waals surface area (Å²) < 4.78 is 5.04. The average Bonchev–Trinajstić information content (AvgIpc) is 3.10. The Balaban J connectivity index is 2.26. The van der Waals surface area contributed by atoms with Gasteiger partial charge >= 0.3 is 5.97 Å². The topological polar surface area (TPSA) is 75.4 Å². The fraction of sp³-hybridized carbons (Fsp3) is 0.524. The zero-order valence-corrected chi connectivity index (χ0v) is 17.6. The van der Waals surface area contributed by atoms with Crippen LogP contribution in [0.3, 0.4) is 0 Å². The molecule has 150 valence electrons. The number of rotatable bonds is 13. The van der Waals surface area contributed by atoms with Gasteiger partial charge in [-0.2, -0.15) is 11.8 Å². The molecular weight excluding hydrogens is 360 g/mol. The van der Waals surface area contributed by atoms with Crippen LogP contribution in [0, 0.1) is 0 Å². The zero-order chi connectivity index (χ0) is 20.1. The summed E-state index contributed by atoms with van der Waals surface area (Å²) >= 11 is 1.58. The third kappa shape index (κ3) is 11.4. The Bertz CT molecular complexity index is 644. The van der Waals surface area contributed by atoms with Crippen molar-refractivity contribution in [2.75, 3.05) is 16.8 Å². The largest absolute Gasteiger partial charge is 0.480 e. The van der Waals surface area contributed by atoms with Gasteiger partial charge < -0.3 is 14.8 Å². The predicted molar refractivity (Wildman–Crippen MR) is 114 cm³/mol. The molecular formula is C21H32N2O3S. The second-order valence-electron chi connectivity index (χ2n) is 6.87. The highest BCUT2D eigenvalue weighted by molar-refractivity contribution is 7.99. The van der Waals surface area contributed by atoms with Crippen LogP contribution in [0.5, 0.6) is 0 Å². The van der Waals surface area contributed by atoms with Crippen molar-refractivity contribution >= 4 is 23.7 Å². The van der Waals surface area contributed by atoms with Crippen molar-refractivity contribution in [3.63, 3.8) is 0 Å². The number of nitrogens with one attached hydrogen (secondary N) is 1. The fourth-order valence-electron chi connectivity index (χ4n) is 2.34. The number of hydrogen-bond donors (Lipinski definition) is 2. The first kappa shape index (κ1) is 23.1. The number of allylic oxidation sites excluding steroid dienone is 5. The number of anilines is 1. The SMILES string of the molecule is CC(C)=CCCC(C)=CCCC(C)=CCSCC(Nc1ncco1)C(=O)O. The second-order valence-corrected chi connectivity index (χ2v) is 7.94. The summed E-state index contributed by atoms with van der Waals surface area (Å²) in [6, 6.07) is -0.477. The average molecular weight is 393 g/mol. The van der Waals surface area contributed by atoms with Crippen LogP contribution in [0.2, 0.25) is 0 Å². The highest BCUT2D eigenvalue weighted by Gasteiger charge is 2.18. The standard InChI is InChI=1S/C21H32N2O3S/c1-16(2)7-5-8-17(3)9-6-10-18(4)11-14-27-15-19(20(24)25)23-21-22-12-13-26-21/h7,9,11-13,19H,5-6,8,10,14-15H2,1-4H3,(H,22,23)(H,24,25). The predicted octanol–water partition coefficient (Wildman–Crippen LogP) is 5.69. The Hall–Kier alpha value is -1.95. The van der Waals surface area contributed by atoms with E-state index >= 15 is 0 Å². The lowest BCUT2D eigenvalue weighted by molar-refractivity contribution is -0.137. The molecule has 0 spiro atoms. The number of oxazole rings is 1. The van der Waals surface area contributed by atoms with E-state index < -0.39 is 12.0 Å². The minimum Gasteiger partial charge on any atom is -0.480 e. The number of thioether (sulfide) groups is 1. The van der Waals surface area contributed by atoms with Gasteiger partial charge in [-0.05, 0) is 53.4 Å². The maximum Gasteiger partial charge on any atom is 0.327 e. The zero-order valence-electron chi connectivity index (χ0n) is 16.8. The van der Waals surface area contributed by atoms with E-state index in [1.807, 2.05) is 0 Å². The highest BCUT2D eigenvalue weighted by Crippen LogP contribution is 2.14. The van der Waals surface area contributed by atoms with Gasteiger partial charge in [0.25, 0.3) is 6.01 Å². The summed E-state index contributed by atoms with van der Waals surface area (Å²) in [5.41, 5.74) is 4.15. The molecule has 1 aromatic rings. The summed E-state index contributed by atoms with van der Waals surface area (Å²) in [6.07, 6.45) is 14.0. The van der Waals surface area contributed by atoms with Crippen molar-refractivity contribution in [1.29, 1.82) is 0 Å². The summed E-state index contributed by atoms with van der Waals surface area (Å²) in [6.45, 7) is 8.59. The van der Waals surface area contributed by atoms with Gasteiger partial charge in [-0.3, -0.25) is 0 Å². The van der Waals surface area contributed by atoms with Crippen molar-refractivity contribution in [2.24, 2.45) is 0 Å². The van der Waals surface area contributed by atoms with Crippen LogP contribution in [0.15, 0.2) is 51.8 Å². The van der Waals surface area contributed by atoms with E-state index in [0.717, 1.165) is 31.4 Å². The molecule has 1 atom stereocenters. The molecule has 1 unspecified atom stereocenters. The summed E-state index contributed by atoms with van der Waals surface area (Å²) in [4.78, 5) is 15.2. The van der Waals surface area contributed by atoms with Crippen LogP contribution in [0.1, 0.15) is 53.4 Å². The molecule has 0 aliphatic carbocycles. The third-order valence-corrected chi connectivity index (χ3v) is 4.96. The number of carbonyl (C=O) groups is 1. The molecule has 0 fully saturated rings. The maximum absolute atomic E-state index is 11.3. The normalized spacial score (nSPS) is 13.3. The molecule has 0 amide bonds. The monoisotopic (exact) mass is 392 g/mol. The molecule has 1 aromatic heterocycles. The van der Waals surface area contributed by atoms with Crippen molar-refractivity contribution < 1.29 is 14.3 Å². The number of hydrogen-bond acceptors (Lipinski definition) is 5. The van der Waals surface area contributed by atoms with Crippen LogP contribution >= 0.6 is 11.8 Å². The number of aromatic nitrogens is 1. The molecule has 5 nitrogen and oxygen atoms in total. The maximum atomic E-state index is 11.3. The quantitative estimate of drug-likeness (QED) is 0.332. The van der Waals surface area contributed by atoms with Gasteiger partial charge in [0.1, 0.15) is 12.3 Å². The molecule has 0 aliphatic heterocycles. The van der Waals surface area contributed by atoms with E-state index in [9.17, 15) is 9.90 Å². The Morgan fingerprint density at radius 1 is 1.19 bits per heavy atom. The molecule has 1 heterocycles. The smallest absolute Gasteiger partial charge is 0.327 e. The van der Waals surface area contributed by atoms with Crippen molar-refractivity contribution in [3.8, 4) is 0 Å². The minimum atomic E-state index is -0.907. The molecule has 2 N–H and O–H groups in total. The van der Waals surface area contributed by atoms with Gasteiger partial charge in [0, 0.05) is 11.5 Å². The first-order chi connectivity index (χ1) is 12.9. The lowest BCUT2D eigenvalue weighted by Gasteiger charge is -2.11. The van der Waals surface area contributed by atoms with Gasteiger partial charge in [-0.15, -0.1) is 0 Å². The Morgan fingerprint density at radius 3 is 2.44 bits per heavy atom. The first-order valence-corrected chi connectivity index (χ1v) is 10.4. The van der Waals surface area contributed by atoms with E-state index in [1.54, 1.807) is 11.8 Å². The number of carboxylic acids is 1. The first-order valence-electron chi connectivity index (χ1n) is 9.29. The fourth-order valence-corrected chi connectivity index (χ4v) is 3.34. The van der Waals surface area contributed by atoms with Gasteiger partial charge in [0.2, 0.25) is 0 Å². The molecule has 1 rings (SSSR count). The molecule has 6 heteroatoms. The summed E-state index contributed by atoms with van der Waals surface area (Å²) in [5.74, 6) is 0.340. The van der Waals surface area contributed by atoms with Gasteiger partial charge in [0.15, 0.2) is 0 Å². The molecule has 27 heavy (non-hydrogen) atoms. The van der Waals surface area contributed by atoms with E-state index in [4.69, 9.17) is 4.42 Å². The Morgan fingerprint density at radius 2 is 1.85 bits per heavy atom. The lowest BCUT2D eigenvalue weighted by atomic mass is 10.1. The molecule has 0 saturated heterocycles. The molecule has 0 radical (unpaired) electrons. The van der Waals surface area contributed by atoms with E-state index in [2.05, 4.69) is 56.2 Å². The van der Waals surface area contributed by atoms with Crippen LogP contribution in [0.4, 0.5) is 6.01 Å². The minimum absolute atomic E-state index is 0.237. The molecule has 0 aliphatic rings.